The van der Waals surface area contributed by atoms with Crippen molar-refractivity contribution in [3.05, 3.63) is 18.3 Å². The number of hydrogen-bond donors (Lipinski definition) is 2. The lowest BCUT2D eigenvalue weighted by atomic mass is 9.89. The van der Waals surface area contributed by atoms with E-state index in [-0.39, 0.29) is 16.5 Å². The summed E-state index contributed by atoms with van der Waals surface area (Å²) >= 11 is 0. The first-order valence-corrected chi connectivity index (χ1v) is 8.38. The van der Waals surface area contributed by atoms with E-state index in [0.717, 1.165) is 6.42 Å². The molecule has 114 valence electrons. The van der Waals surface area contributed by atoms with Crippen LogP contribution >= 0.6 is 0 Å². The number of nitrogens with zero attached hydrogens (tertiary/aromatic N) is 1. The molecule has 1 aromatic rings. The van der Waals surface area contributed by atoms with E-state index in [9.17, 15) is 8.42 Å². The minimum atomic E-state index is -3.63. The van der Waals surface area contributed by atoms with E-state index in [2.05, 4.69) is 15.0 Å². The highest BCUT2D eigenvalue weighted by Crippen LogP contribution is 2.23. The summed E-state index contributed by atoms with van der Waals surface area (Å²) in [5.41, 5.74) is 0.390. The summed E-state index contributed by atoms with van der Waals surface area (Å²) in [7, 11) is -3.63. The topological polar surface area (TPSA) is 71.1 Å². The molecule has 0 saturated carbocycles. The molecule has 0 radical (unpaired) electrons. The maximum atomic E-state index is 12.5. The number of anilines is 1. The van der Waals surface area contributed by atoms with E-state index in [1.165, 1.54) is 6.20 Å². The van der Waals surface area contributed by atoms with E-state index in [0.29, 0.717) is 12.2 Å². The molecule has 2 N–H and O–H groups in total. The van der Waals surface area contributed by atoms with Gasteiger partial charge >= 0.3 is 0 Å². The summed E-state index contributed by atoms with van der Waals surface area (Å²) in [6.07, 6.45) is 2.41. The zero-order valence-electron chi connectivity index (χ0n) is 12.9. The summed E-state index contributed by atoms with van der Waals surface area (Å²) in [6.45, 7) is 10.6. The maximum Gasteiger partial charge on any atom is 0.260 e. The molecule has 0 aliphatic carbocycles. The quantitative estimate of drug-likeness (QED) is 0.847. The van der Waals surface area contributed by atoms with Gasteiger partial charge in [0.15, 0.2) is 5.03 Å². The van der Waals surface area contributed by atoms with Crippen molar-refractivity contribution >= 4 is 15.7 Å². The average molecular weight is 299 g/mol. The van der Waals surface area contributed by atoms with Crippen molar-refractivity contribution < 1.29 is 8.42 Å². The molecule has 1 heterocycles. The Balaban J connectivity index is 3.04. The minimum Gasteiger partial charge on any atom is -0.383 e. The van der Waals surface area contributed by atoms with Gasteiger partial charge in [-0.15, -0.1) is 0 Å². The first-order valence-electron chi connectivity index (χ1n) is 6.89. The molecule has 1 rings (SSSR count). The predicted molar refractivity (Wildman–Crippen MR) is 82.3 cm³/mol. The van der Waals surface area contributed by atoms with Crippen LogP contribution in [0, 0.1) is 5.41 Å². The maximum absolute atomic E-state index is 12.5. The highest BCUT2D eigenvalue weighted by atomic mass is 32.2. The third-order valence-corrected chi connectivity index (χ3v) is 4.72. The minimum absolute atomic E-state index is 0.0598. The van der Waals surface area contributed by atoms with Crippen molar-refractivity contribution in [3.8, 4) is 0 Å². The third kappa shape index (κ3) is 4.45. The summed E-state index contributed by atoms with van der Waals surface area (Å²) in [6, 6.07) is 3.27. The number of rotatable bonds is 6. The van der Waals surface area contributed by atoms with Crippen molar-refractivity contribution in [2.45, 2.75) is 52.1 Å². The van der Waals surface area contributed by atoms with E-state index in [4.69, 9.17) is 0 Å². The molecule has 0 aliphatic heterocycles. The van der Waals surface area contributed by atoms with Crippen molar-refractivity contribution in [2.75, 3.05) is 11.9 Å². The number of sulfonamides is 1. The molecule has 0 aromatic carbocycles. The molecule has 0 amide bonds. The molecule has 0 bridgehead atoms. The van der Waals surface area contributed by atoms with Crippen LogP contribution in [0.25, 0.3) is 0 Å². The van der Waals surface area contributed by atoms with Gasteiger partial charge in [0, 0.05) is 18.8 Å². The Bertz CT molecular complexity index is 536. The van der Waals surface area contributed by atoms with Crippen molar-refractivity contribution in [1.82, 2.24) is 9.71 Å². The lowest BCUT2D eigenvalue weighted by Crippen LogP contribution is -2.41. The Morgan fingerprint density at radius 3 is 2.55 bits per heavy atom. The Labute approximate surface area is 122 Å². The SMILES string of the molecule is CCCNc1cccnc1S(=O)(=O)NC(C)C(C)(C)C. The Morgan fingerprint density at radius 2 is 2.00 bits per heavy atom. The van der Waals surface area contributed by atoms with Crippen LogP contribution in [-0.2, 0) is 10.0 Å². The van der Waals surface area contributed by atoms with Crippen molar-refractivity contribution in [3.63, 3.8) is 0 Å². The molecule has 0 fully saturated rings. The smallest absolute Gasteiger partial charge is 0.260 e. The average Bonchev–Trinajstić information content (AvgIpc) is 2.35. The normalized spacial score (nSPS) is 14.1. The number of pyridine rings is 1. The van der Waals surface area contributed by atoms with Crippen molar-refractivity contribution in [1.29, 1.82) is 0 Å². The molecular weight excluding hydrogens is 274 g/mol. The largest absolute Gasteiger partial charge is 0.383 e. The molecule has 1 unspecified atom stereocenters. The highest BCUT2D eigenvalue weighted by Gasteiger charge is 2.28. The summed E-state index contributed by atoms with van der Waals surface area (Å²) < 4.78 is 27.6. The number of hydrogen-bond acceptors (Lipinski definition) is 4. The van der Waals surface area contributed by atoms with Crippen LogP contribution in [0.1, 0.15) is 41.0 Å². The van der Waals surface area contributed by atoms with Crippen LogP contribution < -0.4 is 10.0 Å². The van der Waals surface area contributed by atoms with Gasteiger partial charge < -0.3 is 5.32 Å². The second-order valence-corrected chi connectivity index (χ2v) is 7.62. The molecule has 1 atom stereocenters. The lowest BCUT2D eigenvalue weighted by Gasteiger charge is -2.27. The van der Waals surface area contributed by atoms with Crippen LogP contribution in [-0.4, -0.2) is 26.0 Å². The van der Waals surface area contributed by atoms with E-state index in [1.54, 1.807) is 12.1 Å². The molecule has 6 heteroatoms. The van der Waals surface area contributed by atoms with Gasteiger partial charge in [0.25, 0.3) is 10.0 Å². The van der Waals surface area contributed by atoms with Crippen LogP contribution in [0.15, 0.2) is 23.4 Å². The Kier molecular flexibility index (Phi) is 5.53. The second-order valence-electron chi connectivity index (χ2n) is 5.99. The fraction of sp³-hybridized carbons (Fsp3) is 0.643. The molecule has 5 nitrogen and oxygen atoms in total. The Hall–Kier alpha value is -1.14. The van der Waals surface area contributed by atoms with E-state index < -0.39 is 10.0 Å². The van der Waals surface area contributed by atoms with Gasteiger partial charge in [-0.3, -0.25) is 0 Å². The van der Waals surface area contributed by atoms with Gasteiger partial charge in [0.1, 0.15) is 0 Å². The standard InChI is InChI=1S/C14H25N3O2S/c1-6-9-15-12-8-7-10-16-13(12)20(18,19)17-11(2)14(3,4)5/h7-8,10-11,15,17H,6,9H2,1-5H3. The van der Waals surface area contributed by atoms with Gasteiger partial charge in [0.2, 0.25) is 0 Å². The van der Waals surface area contributed by atoms with Gasteiger partial charge in [-0.1, -0.05) is 27.7 Å². The van der Waals surface area contributed by atoms with Crippen LogP contribution in [0.4, 0.5) is 5.69 Å². The molecule has 0 aliphatic rings. The van der Waals surface area contributed by atoms with E-state index in [1.807, 2.05) is 34.6 Å². The van der Waals surface area contributed by atoms with E-state index >= 15 is 0 Å². The first kappa shape index (κ1) is 16.9. The Morgan fingerprint density at radius 1 is 1.35 bits per heavy atom. The monoisotopic (exact) mass is 299 g/mol. The second kappa shape index (κ2) is 6.54. The number of nitrogens with one attached hydrogen (secondary N) is 2. The van der Waals surface area contributed by atoms with Crippen LogP contribution in [0.2, 0.25) is 0 Å². The first-order chi connectivity index (χ1) is 9.18. The highest BCUT2D eigenvalue weighted by molar-refractivity contribution is 7.89. The zero-order chi connectivity index (χ0) is 15.4. The lowest BCUT2D eigenvalue weighted by molar-refractivity contribution is 0.317. The van der Waals surface area contributed by atoms with Gasteiger partial charge in [-0.25, -0.2) is 18.1 Å². The van der Waals surface area contributed by atoms with Gasteiger partial charge in [-0.05, 0) is 30.9 Å². The molecule has 0 spiro atoms. The van der Waals surface area contributed by atoms with Crippen molar-refractivity contribution in [2.24, 2.45) is 5.41 Å². The summed E-state index contributed by atoms with van der Waals surface area (Å²) in [5, 5.41) is 3.16. The third-order valence-electron chi connectivity index (χ3n) is 3.22. The fourth-order valence-electron chi connectivity index (χ4n) is 1.46. The molecule has 20 heavy (non-hydrogen) atoms. The fourth-order valence-corrected chi connectivity index (χ4v) is 3.02. The van der Waals surface area contributed by atoms with Gasteiger partial charge in [-0.2, -0.15) is 0 Å². The van der Waals surface area contributed by atoms with Gasteiger partial charge in [0.05, 0.1) is 5.69 Å². The predicted octanol–water partition coefficient (Wildman–Crippen LogP) is 2.62. The number of aromatic nitrogens is 1. The molecular formula is C14H25N3O2S. The summed E-state index contributed by atoms with van der Waals surface area (Å²) in [4.78, 5) is 4.03. The van der Waals surface area contributed by atoms with Crippen LogP contribution in [0.5, 0.6) is 0 Å². The van der Waals surface area contributed by atoms with Crippen LogP contribution in [0.3, 0.4) is 0 Å². The molecule has 1 aromatic heterocycles. The summed E-state index contributed by atoms with van der Waals surface area (Å²) in [5.74, 6) is 0. The zero-order valence-corrected chi connectivity index (χ0v) is 13.7. The molecule has 0 saturated heterocycles.